The van der Waals surface area contributed by atoms with Crippen LogP contribution in [0.2, 0.25) is 0 Å². The summed E-state index contributed by atoms with van der Waals surface area (Å²) in [4.78, 5) is 22.3. The molecule has 25 heavy (non-hydrogen) atoms. The van der Waals surface area contributed by atoms with E-state index in [4.69, 9.17) is 4.74 Å². The molecular weight excluding hydrogens is 316 g/mol. The number of nitrogens with zero attached hydrogens (tertiary/aromatic N) is 3. The number of hydrogen-bond acceptors (Lipinski definition) is 5. The number of likely N-dealkylation sites (tertiary alicyclic amines) is 1. The first-order valence-electron chi connectivity index (χ1n) is 8.69. The normalized spacial score (nSPS) is 15.0. The Labute approximate surface area is 148 Å². The van der Waals surface area contributed by atoms with Crippen molar-refractivity contribution in [2.45, 2.75) is 26.4 Å². The number of hydrogen-bond donors (Lipinski definition) is 1. The third-order valence-electron chi connectivity index (χ3n) is 4.45. The van der Waals surface area contributed by atoms with E-state index < -0.39 is 0 Å². The van der Waals surface area contributed by atoms with E-state index in [-0.39, 0.29) is 6.09 Å². The van der Waals surface area contributed by atoms with Gasteiger partial charge in [0.1, 0.15) is 18.8 Å². The molecule has 0 unspecified atom stereocenters. The summed E-state index contributed by atoms with van der Waals surface area (Å²) in [7, 11) is 0. The van der Waals surface area contributed by atoms with Crippen LogP contribution >= 0.6 is 0 Å². The van der Waals surface area contributed by atoms with Crippen LogP contribution in [0.25, 0.3) is 0 Å². The van der Waals surface area contributed by atoms with E-state index in [0.29, 0.717) is 12.5 Å². The first-order chi connectivity index (χ1) is 12.2. The molecule has 1 fully saturated rings. The summed E-state index contributed by atoms with van der Waals surface area (Å²) in [5, 5.41) is 3.36. The van der Waals surface area contributed by atoms with Crippen molar-refractivity contribution in [2.75, 3.05) is 25.0 Å². The molecule has 1 N–H and O–H groups in total. The van der Waals surface area contributed by atoms with Crippen molar-refractivity contribution >= 4 is 11.9 Å². The van der Waals surface area contributed by atoms with Gasteiger partial charge in [0.2, 0.25) is 0 Å². The zero-order valence-electron chi connectivity index (χ0n) is 14.5. The Kier molecular flexibility index (Phi) is 5.82. The van der Waals surface area contributed by atoms with Crippen molar-refractivity contribution in [1.29, 1.82) is 0 Å². The first kappa shape index (κ1) is 17.2. The smallest absolute Gasteiger partial charge is 0.410 e. The molecular formula is C19H24N4O2. The summed E-state index contributed by atoms with van der Waals surface area (Å²) >= 11 is 0. The van der Waals surface area contributed by atoms with Crippen molar-refractivity contribution in [1.82, 2.24) is 14.9 Å². The number of anilines is 1. The summed E-state index contributed by atoms with van der Waals surface area (Å²) in [6.45, 7) is 4.62. The average Bonchev–Trinajstić information content (AvgIpc) is 2.66. The summed E-state index contributed by atoms with van der Waals surface area (Å²) < 4.78 is 5.40. The van der Waals surface area contributed by atoms with Gasteiger partial charge in [-0.3, -0.25) is 0 Å². The molecule has 0 aliphatic carbocycles. The number of carbonyl (C=O) groups excluding carboxylic acids is 1. The number of aryl methyl sites for hydroxylation is 1. The van der Waals surface area contributed by atoms with E-state index in [1.54, 1.807) is 11.2 Å². The topological polar surface area (TPSA) is 67.4 Å². The van der Waals surface area contributed by atoms with Crippen LogP contribution in [0, 0.1) is 12.8 Å². The fourth-order valence-corrected chi connectivity index (χ4v) is 2.93. The molecule has 1 saturated heterocycles. The van der Waals surface area contributed by atoms with Crippen LogP contribution in [0.4, 0.5) is 10.6 Å². The van der Waals surface area contributed by atoms with Gasteiger partial charge >= 0.3 is 6.09 Å². The van der Waals surface area contributed by atoms with E-state index in [9.17, 15) is 4.79 Å². The molecule has 0 radical (unpaired) electrons. The highest BCUT2D eigenvalue weighted by molar-refractivity contribution is 5.67. The molecule has 0 spiro atoms. The first-order valence-corrected chi connectivity index (χ1v) is 8.69. The van der Waals surface area contributed by atoms with E-state index >= 15 is 0 Å². The Hall–Kier alpha value is -2.63. The van der Waals surface area contributed by atoms with E-state index in [2.05, 4.69) is 15.3 Å². The molecule has 132 valence electrons. The minimum Gasteiger partial charge on any atom is -0.445 e. The summed E-state index contributed by atoms with van der Waals surface area (Å²) in [6, 6.07) is 11.7. The maximum atomic E-state index is 12.2. The molecule has 2 heterocycles. The molecule has 1 aliphatic rings. The number of ether oxygens (including phenoxy) is 1. The van der Waals surface area contributed by atoms with Gasteiger partial charge in [-0.15, -0.1) is 0 Å². The molecule has 6 heteroatoms. The molecule has 0 saturated carbocycles. The molecule has 1 aromatic carbocycles. The second kappa shape index (κ2) is 8.46. The zero-order chi connectivity index (χ0) is 17.5. The number of rotatable bonds is 5. The second-order valence-corrected chi connectivity index (χ2v) is 6.40. The van der Waals surface area contributed by atoms with Gasteiger partial charge in [0.25, 0.3) is 0 Å². The van der Waals surface area contributed by atoms with Crippen molar-refractivity contribution in [3.05, 3.63) is 54.0 Å². The summed E-state index contributed by atoms with van der Waals surface area (Å²) in [5.41, 5.74) is 1.96. The number of amides is 1. The maximum Gasteiger partial charge on any atom is 0.410 e. The van der Waals surface area contributed by atoms with Gasteiger partial charge in [0.05, 0.1) is 0 Å². The monoisotopic (exact) mass is 340 g/mol. The lowest BCUT2D eigenvalue weighted by Crippen LogP contribution is -2.40. The molecule has 2 aromatic rings. The lowest BCUT2D eigenvalue weighted by molar-refractivity contribution is 0.0832. The minimum atomic E-state index is -0.221. The fraction of sp³-hybridized carbons (Fsp3) is 0.421. The van der Waals surface area contributed by atoms with E-state index in [1.165, 1.54) is 0 Å². The van der Waals surface area contributed by atoms with Gasteiger partial charge in [-0.05, 0) is 31.2 Å². The van der Waals surface area contributed by atoms with Crippen LogP contribution in [-0.4, -0.2) is 40.6 Å². The summed E-state index contributed by atoms with van der Waals surface area (Å²) in [6.07, 6.45) is 3.29. The van der Waals surface area contributed by atoms with Gasteiger partial charge < -0.3 is 15.0 Å². The zero-order valence-corrected chi connectivity index (χ0v) is 14.5. The van der Waals surface area contributed by atoms with Gasteiger partial charge in [0.15, 0.2) is 0 Å². The van der Waals surface area contributed by atoms with Crippen molar-refractivity contribution in [3.8, 4) is 0 Å². The van der Waals surface area contributed by atoms with Crippen LogP contribution in [0.5, 0.6) is 0 Å². The number of aromatic nitrogens is 2. The molecule has 0 atom stereocenters. The van der Waals surface area contributed by atoms with Crippen LogP contribution in [-0.2, 0) is 11.3 Å². The standard InChI is InChI=1S/C19H24N4O2/c1-15-11-18(22-14-21-15)20-12-16-7-9-23(10-8-16)19(24)25-13-17-5-3-2-4-6-17/h2-6,11,14,16H,7-10,12-13H2,1H3,(H,20,21,22). The van der Waals surface area contributed by atoms with E-state index in [0.717, 1.165) is 49.6 Å². The lowest BCUT2D eigenvalue weighted by Gasteiger charge is -2.31. The van der Waals surface area contributed by atoms with Crippen LogP contribution < -0.4 is 5.32 Å². The lowest BCUT2D eigenvalue weighted by atomic mass is 9.97. The third kappa shape index (κ3) is 5.17. The quantitative estimate of drug-likeness (QED) is 0.905. The number of benzene rings is 1. The largest absolute Gasteiger partial charge is 0.445 e. The van der Waals surface area contributed by atoms with Gasteiger partial charge in [0, 0.05) is 31.4 Å². The van der Waals surface area contributed by atoms with Gasteiger partial charge in [-0.1, -0.05) is 30.3 Å². The molecule has 1 aliphatic heterocycles. The molecule has 0 bridgehead atoms. The molecule has 1 aromatic heterocycles. The average molecular weight is 340 g/mol. The summed E-state index contributed by atoms with van der Waals surface area (Å²) in [5.74, 6) is 1.39. The van der Waals surface area contributed by atoms with Gasteiger partial charge in [-0.25, -0.2) is 14.8 Å². The highest BCUT2D eigenvalue weighted by atomic mass is 16.6. The van der Waals surface area contributed by atoms with Crippen LogP contribution in [0.15, 0.2) is 42.7 Å². The molecule has 1 amide bonds. The Morgan fingerprint density at radius 2 is 2.00 bits per heavy atom. The van der Waals surface area contributed by atoms with Crippen LogP contribution in [0.1, 0.15) is 24.1 Å². The van der Waals surface area contributed by atoms with Crippen LogP contribution in [0.3, 0.4) is 0 Å². The number of nitrogens with one attached hydrogen (secondary N) is 1. The Bertz CT molecular complexity index is 685. The van der Waals surface area contributed by atoms with Crippen molar-refractivity contribution < 1.29 is 9.53 Å². The molecule has 3 rings (SSSR count). The Morgan fingerprint density at radius 1 is 1.24 bits per heavy atom. The van der Waals surface area contributed by atoms with E-state index in [1.807, 2.05) is 43.3 Å². The Morgan fingerprint density at radius 3 is 2.72 bits per heavy atom. The fourth-order valence-electron chi connectivity index (χ4n) is 2.93. The predicted octanol–water partition coefficient (Wildman–Crippen LogP) is 3.25. The highest BCUT2D eigenvalue weighted by Crippen LogP contribution is 2.19. The number of carbonyl (C=O) groups is 1. The van der Waals surface area contributed by atoms with Gasteiger partial charge in [-0.2, -0.15) is 0 Å². The minimum absolute atomic E-state index is 0.221. The van der Waals surface area contributed by atoms with Crippen molar-refractivity contribution in [3.63, 3.8) is 0 Å². The third-order valence-corrected chi connectivity index (χ3v) is 4.45. The molecule has 6 nitrogen and oxygen atoms in total. The highest BCUT2D eigenvalue weighted by Gasteiger charge is 2.23. The van der Waals surface area contributed by atoms with Crippen molar-refractivity contribution in [2.24, 2.45) is 5.92 Å². The number of piperidine rings is 1. The maximum absolute atomic E-state index is 12.2. The Balaban J connectivity index is 1.38. The predicted molar refractivity (Wildman–Crippen MR) is 96.2 cm³/mol. The second-order valence-electron chi connectivity index (χ2n) is 6.40. The SMILES string of the molecule is Cc1cc(NCC2CCN(C(=O)OCc3ccccc3)CC2)ncn1.